The Morgan fingerprint density at radius 2 is 2.00 bits per heavy atom. The molecule has 25 heavy (non-hydrogen) atoms. The molecule has 1 aromatic carbocycles. The van der Waals surface area contributed by atoms with E-state index in [9.17, 15) is 8.42 Å². The van der Waals surface area contributed by atoms with Crippen molar-refractivity contribution in [1.29, 1.82) is 0 Å². The van der Waals surface area contributed by atoms with Crippen molar-refractivity contribution >= 4 is 27.4 Å². The van der Waals surface area contributed by atoms with Crippen LogP contribution in [0.15, 0.2) is 47.5 Å². The highest BCUT2D eigenvalue weighted by Gasteiger charge is 2.27. The summed E-state index contributed by atoms with van der Waals surface area (Å²) in [5.41, 5.74) is 1.14. The lowest BCUT2D eigenvalue weighted by Crippen LogP contribution is -2.40. The molecule has 2 heterocycles. The fourth-order valence-electron chi connectivity index (χ4n) is 2.65. The largest absolute Gasteiger partial charge is 0.379 e. The van der Waals surface area contributed by atoms with E-state index in [-0.39, 0.29) is 4.90 Å². The van der Waals surface area contributed by atoms with Gasteiger partial charge in [0.25, 0.3) is 5.82 Å². The predicted molar refractivity (Wildman–Crippen MR) is 96.2 cm³/mol. The number of aromatic nitrogens is 1. The van der Waals surface area contributed by atoms with Crippen LogP contribution in [0.3, 0.4) is 0 Å². The topological polar surface area (TPSA) is 72.8 Å². The van der Waals surface area contributed by atoms with Crippen LogP contribution in [0, 0.1) is 0 Å². The number of hydrogen-bond acceptors (Lipinski definition) is 4. The average molecular weight is 383 g/mol. The van der Waals surface area contributed by atoms with Gasteiger partial charge in [0.05, 0.1) is 19.8 Å². The molecule has 1 saturated heterocycles. The number of anilines is 1. The van der Waals surface area contributed by atoms with Gasteiger partial charge in [-0.2, -0.15) is 4.31 Å². The molecule has 0 saturated carbocycles. The first-order chi connectivity index (χ1) is 12.1. The monoisotopic (exact) mass is 382 g/mol. The number of nitrogens with one attached hydrogen (secondary N) is 2. The second-order valence-electron chi connectivity index (χ2n) is 5.76. The number of aromatic amines is 1. The summed E-state index contributed by atoms with van der Waals surface area (Å²) < 4.78 is 31.7. The summed E-state index contributed by atoms with van der Waals surface area (Å²) in [4.78, 5) is 3.26. The molecule has 0 atom stereocenters. The Balaban J connectivity index is 1.58. The molecule has 0 radical (unpaired) electrons. The quantitative estimate of drug-likeness (QED) is 0.827. The normalized spacial score (nSPS) is 15.9. The molecule has 0 unspecified atom stereocenters. The van der Waals surface area contributed by atoms with E-state index in [4.69, 9.17) is 16.3 Å². The van der Waals surface area contributed by atoms with E-state index >= 15 is 0 Å². The third kappa shape index (κ3) is 4.70. The number of sulfonamides is 1. The number of H-pyrrole nitrogens is 1. The molecule has 0 amide bonds. The summed E-state index contributed by atoms with van der Waals surface area (Å²) in [6, 6.07) is 11.1. The Morgan fingerprint density at radius 3 is 2.68 bits per heavy atom. The van der Waals surface area contributed by atoms with Crippen LogP contribution in [0.4, 0.5) is 5.82 Å². The third-order valence-corrected chi connectivity index (χ3v) is 6.14. The minimum atomic E-state index is -3.47. The molecule has 134 valence electrons. The SMILES string of the molecule is O=S(=O)(c1ccc(NCCc2cccc(Cl)c2)[nH+]c1)N1CCOCC1. The van der Waals surface area contributed by atoms with Crippen LogP contribution in [0.5, 0.6) is 0 Å². The highest BCUT2D eigenvalue weighted by Crippen LogP contribution is 2.16. The lowest BCUT2D eigenvalue weighted by molar-refractivity contribution is -0.364. The molecule has 2 N–H and O–H groups in total. The van der Waals surface area contributed by atoms with Gasteiger partial charge < -0.3 is 4.74 Å². The molecule has 3 rings (SSSR count). The minimum absolute atomic E-state index is 0.259. The summed E-state index contributed by atoms with van der Waals surface area (Å²) in [5.74, 6) is 0.767. The van der Waals surface area contributed by atoms with Gasteiger partial charge >= 0.3 is 0 Å². The first-order valence-electron chi connectivity index (χ1n) is 8.14. The summed E-state index contributed by atoms with van der Waals surface area (Å²) in [5, 5.41) is 3.97. The highest BCUT2D eigenvalue weighted by atomic mass is 35.5. The van der Waals surface area contributed by atoms with E-state index in [1.165, 1.54) is 10.5 Å². The van der Waals surface area contributed by atoms with Gasteiger partial charge in [-0.3, -0.25) is 5.32 Å². The third-order valence-electron chi connectivity index (χ3n) is 4.01. The van der Waals surface area contributed by atoms with E-state index < -0.39 is 10.0 Å². The number of ether oxygens (including phenoxy) is 1. The fraction of sp³-hybridized carbons (Fsp3) is 0.353. The van der Waals surface area contributed by atoms with Crippen LogP contribution in [-0.4, -0.2) is 45.6 Å². The number of hydrogen-bond donors (Lipinski definition) is 1. The van der Waals surface area contributed by atoms with Crippen molar-refractivity contribution in [3.63, 3.8) is 0 Å². The molecule has 0 aliphatic carbocycles. The van der Waals surface area contributed by atoms with Gasteiger partial charge in [0.2, 0.25) is 10.0 Å². The van der Waals surface area contributed by atoms with Crippen molar-refractivity contribution in [2.24, 2.45) is 0 Å². The van der Waals surface area contributed by atoms with E-state index in [1.807, 2.05) is 24.3 Å². The van der Waals surface area contributed by atoms with Gasteiger partial charge in [-0.05, 0) is 23.8 Å². The van der Waals surface area contributed by atoms with Crippen LogP contribution < -0.4 is 10.3 Å². The number of benzene rings is 1. The van der Waals surface area contributed by atoms with Crippen LogP contribution in [0.1, 0.15) is 5.56 Å². The zero-order valence-corrected chi connectivity index (χ0v) is 15.3. The standard InChI is InChI=1S/C17H20ClN3O3S/c18-15-3-1-2-14(12-15)6-7-19-17-5-4-16(13-20-17)25(22,23)21-8-10-24-11-9-21/h1-5,12-13H,6-11H2,(H,19,20)/p+1. The van der Waals surface area contributed by atoms with Gasteiger partial charge in [0.1, 0.15) is 11.1 Å². The van der Waals surface area contributed by atoms with Gasteiger partial charge in [0, 0.05) is 30.6 Å². The van der Waals surface area contributed by atoms with Crippen LogP contribution in [0.25, 0.3) is 0 Å². The van der Waals surface area contributed by atoms with Crippen molar-refractivity contribution in [3.8, 4) is 0 Å². The van der Waals surface area contributed by atoms with Crippen molar-refractivity contribution in [1.82, 2.24) is 4.31 Å². The Hall–Kier alpha value is -1.67. The van der Waals surface area contributed by atoms with Gasteiger partial charge in [0.15, 0.2) is 0 Å². The summed E-state index contributed by atoms with van der Waals surface area (Å²) >= 11 is 5.97. The van der Waals surface area contributed by atoms with Gasteiger partial charge in [-0.1, -0.05) is 23.7 Å². The van der Waals surface area contributed by atoms with Crippen LogP contribution in [-0.2, 0) is 21.2 Å². The van der Waals surface area contributed by atoms with E-state index in [2.05, 4.69) is 10.3 Å². The van der Waals surface area contributed by atoms with Crippen molar-refractivity contribution in [2.45, 2.75) is 11.3 Å². The van der Waals surface area contributed by atoms with Crippen molar-refractivity contribution < 1.29 is 18.1 Å². The fourth-order valence-corrected chi connectivity index (χ4v) is 4.24. The first kappa shape index (κ1) is 18.1. The molecule has 1 aliphatic rings. The Labute approximate surface area is 152 Å². The number of morpholine rings is 1. The lowest BCUT2D eigenvalue weighted by Gasteiger charge is -2.25. The lowest BCUT2D eigenvalue weighted by atomic mass is 10.1. The Morgan fingerprint density at radius 1 is 1.20 bits per heavy atom. The highest BCUT2D eigenvalue weighted by molar-refractivity contribution is 7.89. The second-order valence-corrected chi connectivity index (χ2v) is 8.14. The number of nitrogens with zero attached hydrogens (tertiary/aromatic N) is 1. The molecule has 1 fully saturated rings. The average Bonchev–Trinajstić information content (AvgIpc) is 2.63. The molecule has 1 aromatic heterocycles. The van der Waals surface area contributed by atoms with E-state index in [0.717, 1.165) is 22.8 Å². The molecule has 6 nitrogen and oxygen atoms in total. The first-order valence-corrected chi connectivity index (χ1v) is 9.95. The molecular formula is C17H21ClN3O3S+. The summed E-state index contributed by atoms with van der Waals surface area (Å²) in [6.07, 6.45) is 2.34. The maximum atomic E-state index is 12.5. The van der Waals surface area contributed by atoms with Crippen LogP contribution >= 0.6 is 11.6 Å². The zero-order chi connectivity index (χ0) is 17.7. The number of halogens is 1. The Bertz CT molecular complexity index is 806. The minimum Gasteiger partial charge on any atom is -0.379 e. The van der Waals surface area contributed by atoms with E-state index in [0.29, 0.717) is 32.8 Å². The number of pyridine rings is 1. The Kier molecular flexibility index (Phi) is 5.90. The second kappa shape index (κ2) is 8.14. The predicted octanol–water partition coefficient (Wildman–Crippen LogP) is 1.83. The molecular weight excluding hydrogens is 362 g/mol. The molecule has 2 aromatic rings. The zero-order valence-electron chi connectivity index (χ0n) is 13.7. The van der Waals surface area contributed by atoms with Gasteiger partial charge in [-0.25, -0.2) is 13.4 Å². The van der Waals surface area contributed by atoms with Crippen molar-refractivity contribution in [3.05, 3.63) is 53.2 Å². The van der Waals surface area contributed by atoms with Crippen LogP contribution in [0.2, 0.25) is 5.02 Å². The maximum absolute atomic E-state index is 12.5. The smallest absolute Gasteiger partial charge is 0.272 e. The molecule has 1 aliphatic heterocycles. The van der Waals surface area contributed by atoms with E-state index in [1.54, 1.807) is 12.1 Å². The summed E-state index contributed by atoms with van der Waals surface area (Å²) in [6.45, 7) is 2.37. The van der Waals surface area contributed by atoms with Gasteiger partial charge in [-0.15, -0.1) is 0 Å². The summed E-state index contributed by atoms with van der Waals surface area (Å²) in [7, 11) is -3.47. The molecule has 8 heteroatoms. The number of rotatable bonds is 6. The molecule has 0 spiro atoms. The molecule has 0 bridgehead atoms. The maximum Gasteiger partial charge on any atom is 0.272 e. The van der Waals surface area contributed by atoms with Crippen molar-refractivity contribution in [2.75, 3.05) is 38.2 Å².